The number of nitrogens with zero attached hydrogens (tertiary/aromatic N) is 3. The monoisotopic (exact) mass is 276 g/mol. The smallest absolute Gasteiger partial charge is 0.0397 e. The summed E-state index contributed by atoms with van der Waals surface area (Å²) < 4.78 is 0. The summed E-state index contributed by atoms with van der Waals surface area (Å²) >= 11 is 0. The third-order valence-electron chi connectivity index (χ3n) is 4.07. The minimum Gasteiger partial charge on any atom is -0.369 e. The Hall–Kier alpha value is -1.10. The van der Waals surface area contributed by atoms with Gasteiger partial charge in [-0.2, -0.15) is 0 Å². The average molecular weight is 276 g/mol. The van der Waals surface area contributed by atoms with E-state index in [0.29, 0.717) is 6.54 Å². The van der Waals surface area contributed by atoms with E-state index < -0.39 is 0 Å². The molecule has 1 saturated heterocycles. The Balaban J connectivity index is 1.90. The highest BCUT2D eigenvalue weighted by Crippen LogP contribution is 2.22. The van der Waals surface area contributed by atoms with Gasteiger partial charge < -0.3 is 15.5 Å². The van der Waals surface area contributed by atoms with Gasteiger partial charge in [-0.15, -0.1) is 0 Å². The van der Waals surface area contributed by atoms with Gasteiger partial charge in [0.25, 0.3) is 0 Å². The Morgan fingerprint density at radius 3 is 2.40 bits per heavy atom. The molecule has 1 aliphatic heterocycles. The Morgan fingerprint density at radius 2 is 1.85 bits per heavy atom. The molecule has 4 nitrogen and oxygen atoms in total. The molecule has 0 aliphatic carbocycles. The molecule has 0 radical (unpaired) electrons. The molecule has 2 rings (SSSR count). The molecular formula is C16H28N4. The van der Waals surface area contributed by atoms with E-state index in [0.717, 1.165) is 32.7 Å². The van der Waals surface area contributed by atoms with Crippen LogP contribution in [0.1, 0.15) is 11.1 Å². The second kappa shape index (κ2) is 7.07. The van der Waals surface area contributed by atoms with Crippen molar-refractivity contribution in [3.05, 3.63) is 29.3 Å². The van der Waals surface area contributed by atoms with Crippen molar-refractivity contribution in [1.29, 1.82) is 0 Å². The van der Waals surface area contributed by atoms with Gasteiger partial charge in [-0.3, -0.25) is 4.90 Å². The molecule has 0 aromatic heterocycles. The number of hydrogen-bond donors (Lipinski definition) is 1. The summed E-state index contributed by atoms with van der Waals surface area (Å²) in [5.41, 5.74) is 9.63. The zero-order valence-electron chi connectivity index (χ0n) is 13.1. The van der Waals surface area contributed by atoms with Crippen LogP contribution in [0.3, 0.4) is 0 Å². The van der Waals surface area contributed by atoms with Crippen LogP contribution < -0.4 is 10.6 Å². The lowest BCUT2D eigenvalue weighted by atomic mass is 10.1. The van der Waals surface area contributed by atoms with Crippen molar-refractivity contribution >= 4 is 5.69 Å². The van der Waals surface area contributed by atoms with E-state index in [1.807, 2.05) is 0 Å². The van der Waals surface area contributed by atoms with Gasteiger partial charge in [0.15, 0.2) is 0 Å². The van der Waals surface area contributed by atoms with Crippen molar-refractivity contribution in [3.63, 3.8) is 0 Å². The van der Waals surface area contributed by atoms with Gasteiger partial charge >= 0.3 is 0 Å². The van der Waals surface area contributed by atoms with Gasteiger partial charge in [-0.25, -0.2) is 0 Å². The molecule has 1 fully saturated rings. The first-order chi connectivity index (χ1) is 9.60. The van der Waals surface area contributed by atoms with E-state index >= 15 is 0 Å². The van der Waals surface area contributed by atoms with E-state index in [2.05, 4.69) is 53.9 Å². The van der Waals surface area contributed by atoms with E-state index in [1.165, 1.54) is 23.4 Å². The van der Waals surface area contributed by atoms with Gasteiger partial charge in [0, 0.05) is 51.5 Å². The molecule has 2 N–H and O–H groups in total. The quantitative estimate of drug-likeness (QED) is 0.875. The van der Waals surface area contributed by atoms with Crippen LogP contribution in [-0.2, 0) is 6.54 Å². The fourth-order valence-corrected chi connectivity index (χ4v) is 2.75. The predicted octanol–water partition coefficient (Wildman–Crippen LogP) is 1.14. The van der Waals surface area contributed by atoms with Crippen molar-refractivity contribution < 1.29 is 0 Å². The van der Waals surface area contributed by atoms with Crippen LogP contribution >= 0.6 is 0 Å². The zero-order valence-corrected chi connectivity index (χ0v) is 13.1. The van der Waals surface area contributed by atoms with Gasteiger partial charge in [0.1, 0.15) is 0 Å². The molecule has 0 saturated carbocycles. The van der Waals surface area contributed by atoms with Gasteiger partial charge in [0.05, 0.1) is 0 Å². The molecule has 1 heterocycles. The number of nitrogens with two attached hydrogens (primary N) is 1. The molecule has 112 valence electrons. The second-order valence-electron chi connectivity index (χ2n) is 5.96. The van der Waals surface area contributed by atoms with E-state index in [1.54, 1.807) is 0 Å². The standard InChI is InChI=1S/C16H28N4/c1-14-12-15(13-17)4-5-16(14)20-10-8-19(9-11-20)7-6-18(2)3/h4-5,12H,6-11,13,17H2,1-3H3. The van der Waals surface area contributed by atoms with Crippen molar-refractivity contribution in [2.24, 2.45) is 5.73 Å². The van der Waals surface area contributed by atoms with Crippen LogP contribution in [0.4, 0.5) is 5.69 Å². The lowest BCUT2D eigenvalue weighted by Crippen LogP contribution is -2.48. The number of piperazine rings is 1. The molecule has 0 unspecified atom stereocenters. The van der Waals surface area contributed by atoms with Crippen molar-refractivity contribution in [2.45, 2.75) is 13.5 Å². The van der Waals surface area contributed by atoms with Gasteiger partial charge in [0.2, 0.25) is 0 Å². The first kappa shape index (κ1) is 15.3. The molecule has 0 amide bonds. The Morgan fingerprint density at radius 1 is 1.15 bits per heavy atom. The maximum Gasteiger partial charge on any atom is 0.0397 e. The van der Waals surface area contributed by atoms with E-state index in [-0.39, 0.29) is 0 Å². The first-order valence-electron chi connectivity index (χ1n) is 7.52. The lowest BCUT2D eigenvalue weighted by molar-refractivity contribution is 0.229. The average Bonchev–Trinajstić information content (AvgIpc) is 2.45. The van der Waals surface area contributed by atoms with Crippen LogP contribution in [-0.4, -0.2) is 63.2 Å². The SMILES string of the molecule is Cc1cc(CN)ccc1N1CCN(CCN(C)C)CC1. The van der Waals surface area contributed by atoms with Crippen molar-refractivity contribution in [2.75, 3.05) is 58.3 Å². The Bertz CT molecular complexity index is 422. The zero-order chi connectivity index (χ0) is 14.5. The summed E-state index contributed by atoms with van der Waals surface area (Å²) in [6.07, 6.45) is 0. The van der Waals surface area contributed by atoms with E-state index in [4.69, 9.17) is 5.73 Å². The largest absolute Gasteiger partial charge is 0.369 e. The number of anilines is 1. The molecule has 20 heavy (non-hydrogen) atoms. The summed E-state index contributed by atoms with van der Waals surface area (Å²) in [6, 6.07) is 6.60. The van der Waals surface area contributed by atoms with Gasteiger partial charge in [-0.05, 0) is 38.2 Å². The number of benzene rings is 1. The van der Waals surface area contributed by atoms with Gasteiger partial charge in [-0.1, -0.05) is 12.1 Å². The first-order valence-corrected chi connectivity index (χ1v) is 7.52. The highest BCUT2D eigenvalue weighted by molar-refractivity contribution is 5.54. The maximum atomic E-state index is 5.70. The molecular weight excluding hydrogens is 248 g/mol. The minimum absolute atomic E-state index is 0.624. The highest BCUT2D eigenvalue weighted by Gasteiger charge is 2.18. The van der Waals surface area contributed by atoms with Crippen LogP contribution in [0.15, 0.2) is 18.2 Å². The number of likely N-dealkylation sites (N-methyl/N-ethyl adjacent to an activating group) is 1. The summed E-state index contributed by atoms with van der Waals surface area (Å²) in [6.45, 7) is 9.69. The van der Waals surface area contributed by atoms with Crippen LogP contribution in [0.5, 0.6) is 0 Å². The fourth-order valence-electron chi connectivity index (χ4n) is 2.75. The number of aryl methyl sites for hydroxylation is 1. The van der Waals surface area contributed by atoms with E-state index in [9.17, 15) is 0 Å². The van der Waals surface area contributed by atoms with Crippen LogP contribution in [0.25, 0.3) is 0 Å². The van der Waals surface area contributed by atoms with Crippen LogP contribution in [0, 0.1) is 6.92 Å². The summed E-state index contributed by atoms with van der Waals surface area (Å²) in [5.74, 6) is 0. The molecule has 4 heteroatoms. The molecule has 0 atom stereocenters. The predicted molar refractivity (Wildman–Crippen MR) is 86.3 cm³/mol. The number of hydrogen-bond acceptors (Lipinski definition) is 4. The summed E-state index contributed by atoms with van der Waals surface area (Å²) in [4.78, 5) is 7.31. The van der Waals surface area contributed by atoms with Crippen molar-refractivity contribution in [1.82, 2.24) is 9.80 Å². The molecule has 0 spiro atoms. The molecule has 0 bridgehead atoms. The third-order valence-corrected chi connectivity index (χ3v) is 4.07. The van der Waals surface area contributed by atoms with Crippen molar-refractivity contribution in [3.8, 4) is 0 Å². The second-order valence-corrected chi connectivity index (χ2v) is 5.96. The third kappa shape index (κ3) is 3.95. The fraction of sp³-hybridized carbons (Fsp3) is 0.625. The van der Waals surface area contributed by atoms with Crippen LogP contribution in [0.2, 0.25) is 0 Å². The topological polar surface area (TPSA) is 35.7 Å². The Labute approximate surface area is 123 Å². The molecule has 1 aromatic carbocycles. The normalized spacial score (nSPS) is 16.9. The number of rotatable bonds is 5. The molecule has 1 aromatic rings. The minimum atomic E-state index is 0.624. The summed E-state index contributed by atoms with van der Waals surface area (Å²) in [7, 11) is 4.28. The molecule has 1 aliphatic rings. The highest BCUT2D eigenvalue weighted by atomic mass is 15.3. The summed E-state index contributed by atoms with van der Waals surface area (Å²) in [5, 5.41) is 0. The lowest BCUT2D eigenvalue weighted by Gasteiger charge is -2.37. The Kier molecular flexibility index (Phi) is 5.40. The maximum absolute atomic E-state index is 5.70.